The van der Waals surface area contributed by atoms with Gasteiger partial charge in [-0.25, -0.2) is 0 Å². The minimum atomic E-state index is 0.0925. The Kier molecular flexibility index (Phi) is 3.39. The van der Waals surface area contributed by atoms with Crippen molar-refractivity contribution in [1.29, 1.82) is 0 Å². The lowest BCUT2D eigenvalue weighted by molar-refractivity contribution is -0.107. The molecule has 0 unspecified atom stereocenters. The monoisotopic (exact) mass is 325 g/mol. The molecule has 5 fully saturated rings. The molecule has 1 amide bonds. The molecule has 5 aliphatic rings. The first-order valence-corrected chi connectivity index (χ1v) is 9.77. The van der Waals surface area contributed by atoms with E-state index >= 15 is 0 Å². The standard InChI is InChI=1S/C21H27NO2/c23-20(22-7-1-2-8-22)18-3-5-19(6-4-18)24-21-12-15-9-16(13-21)11-17(10-15)14-21/h3-6,15-17H,1-2,7-14H2. The zero-order valence-electron chi connectivity index (χ0n) is 14.4. The van der Waals surface area contributed by atoms with Crippen molar-refractivity contribution < 1.29 is 9.53 Å². The first-order chi connectivity index (χ1) is 11.7. The Morgan fingerprint density at radius 1 is 0.917 bits per heavy atom. The van der Waals surface area contributed by atoms with Crippen molar-refractivity contribution >= 4 is 5.91 Å². The molecular formula is C21H27NO2. The Balaban J connectivity index is 1.30. The molecule has 0 atom stereocenters. The quantitative estimate of drug-likeness (QED) is 0.830. The molecule has 3 heteroatoms. The summed E-state index contributed by atoms with van der Waals surface area (Å²) in [4.78, 5) is 14.4. The molecule has 1 heterocycles. The fourth-order valence-electron chi connectivity index (χ4n) is 6.17. The maximum Gasteiger partial charge on any atom is 0.253 e. The summed E-state index contributed by atoms with van der Waals surface area (Å²) in [5.41, 5.74) is 0.893. The summed E-state index contributed by atoms with van der Waals surface area (Å²) in [6.45, 7) is 1.81. The summed E-state index contributed by atoms with van der Waals surface area (Å²) in [6.07, 6.45) is 10.3. The Labute approximate surface area is 144 Å². The molecule has 4 bridgehead atoms. The number of rotatable bonds is 3. The number of benzene rings is 1. The number of nitrogens with zero attached hydrogens (tertiary/aromatic N) is 1. The average Bonchev–Trinajstić information content (AvgIpc) is 3.07. The van der Waals surface area contributed by atoms with Crippen LogP contribution >= 0.6 is 0 Å². The van der Waals surface area contributed by atoms with Gasteiger partial charge in [-0.2, -0.15) is 0 Å². The Morgan fingerprint density at radius 2 is 1.46 bits per heavy atom. The van der Waals surface area contributed by atoms with Crippen molar-refractivity contribution in [2.75, 3.05) is 13.1 Å². The Morgan fingerprint density at radius 3 is 2.00 bits per heavy atom. The van der Waals surface area contributed by atoms with E-state index in [0.29, 0.717) is 0 Å². The second-order valence-electron chi connectivity index (χ2n) is 8.73. The fraction of sp³-hybridized carbons (Fsp3) is 0.667. The third kappa shape index (κ3) is 2.53. The van der Waals surface area contributed by atoms with E-state index in [0.717, 1.165) is 55.0 Å². The Hall–Kier alpha value is -1.51. The zero-order valence-corrected chi connectivity index (χ0v) is 14.4. The highest BCUT2D eigenvalue weighted by Gasteiger charge is 2.52. The van der Waals surface area contributed by atoms with Crippen LogP contribution in [-0.4, -0.2) is 29.5 Å². The van der Waals surface area contributed by atoms with Crippen LogP contribution in [0.5, 0.6) is 5.75 Å². The van der Waals surface area contributed by atoms with Gasteiger partial charge in [0.15, 0.2) is 0 Å². The number of amides is 1. The lowest BCUT2D eigenvalue weighted by Gasteiger charge is -2.56. The van der Waals surface area contributed by atoms with E-state index in [4.69, 9.17) is 4.74 Å². The highest BCUT2D eigenvalue weighted by molar-refractivity contribution is 5.94. The molecule has 1 aromatic carbocycles. The van der Waals surface area contributed by atoms with Crippen LogP contribution in [0, 0.1) is 17.8 Å². The minimum absolute atomic E-state index is 0.0925. The highest BCUT2D eigenvalue weighted by Crippen LogP contribution is 2.57. The van der Waals surface area contributed by atoms with Crippen molar-refractivity contribution in [1.82, 2.24) is 4.90 Å². The number of carbonyl (C=O) groups excluding carboxylic acids is 1. The zero-order chi connectivity index (χ0) is 16.1. The van der Waals surface area contributed by atoms with E-state index in [9.17, 15) is 4.79 Å². The smallest absolute Gasteiger partial charge is 0.253 e. The minimum Gasteiger partial charge on any atom is -0.487 e. The number of carbonyl (C=O) groups is 1. The van der Waals surface area contributed by atoms with Crippen molar-refractivity contribution in [3.63, 3.8) is 0 Å². The largest absolute Gasteiger partial charge is 0.487 e. The molecule has 1 saturated heterocycles. The van der Waals surface area contributed by atoms with Gasteiger partial charge in [-0.3, -0.25) is 4.79 Å². The number of hydrogen-bond donors (Lipinski definition) is 0. The fourth-order valence-corrected chi connectivity index (χ4v) is 6.17. The van der Waals surface area contributed by atoms with Gasteiger partial charge >= 0.3 is 0 Å². The van der Waals surface area contributed by atoms with Crippen molar-refractivity contribution in [3.05, 3.63) is 29.8 Å². The van der Waals surface area contributed by atoms with Crippen LogP contribution in [0.4, 0.5) is 0 Å². The van der Waals surface area contributed by atoms with Crippen LogP contribution in [0.15, 0.2) is 24.3 Å². The molecule has 0 N–H and O–H groups in total. The number of ether oxygens (including phenoxy) is 1. The Bertz CT molecular complexity index is 594. The van der Waals surface area contributed by atoms with Crippen molar-refractivity contribution in [2.45, 2.75) is 57.0 Å². The van der Waals surface area contributed by atoms with Crippen LogP contribution in [0.1, 0.15) is 61.7 Å². The molecule has 0 aromatic heterocycles. The van der Waals surface area contributed by atoms with Crippen LogP contribution < -0.4 is 4.74 Å². The van der Waals surface area contributed by atoms with Crippen LogP contribution in [-0.2, 0) is 0 Å². The van der Waals surface area contributed by atoms with Gasteiger partial charge in [0.1, 0.15) is 11.4 Å². The molecule has 1 aliphatic heterocycles. The van der Waals surface area contributed by atoms with Gasteiger partial charge in [0.05, 0.1) is 0 Å². The van der Waals surface area contributed by atoms with Gasteiger partial charge < -0.3 is 9.64 Å². The van der Waals surface area contributed by atoms with Crippen LogP contribution in [0.25, 0.3) is 0 Å². The second kappa shape index (κ2) is 5.50. The topological polar surface area (TPSA) is 29.5 Å². The summed E-state index contributed by atoms with van der Waals surface area (Å²) in [5.74, 6) is 3.82. The average molecular weight is 325 g/mol. The molecular weight excluding hydrogens is 298 g/mol. The third-order valence-electron chi connectivity index (χ3n) is 6.81. The van der Waals surface area contributed by atoms with Gasteiger partial charge in [-0.15, -0.1) is 0 Å². The van der Waals surface area contributed by atoms with Gasteiger partial charge in [0.25, 0.3) is 5.91 Å². The first kappa shape index (κ1) is 14.8. The molecule has 4 aliphatic carbocycles. The molecule has 0 radical (unpaired) electrons. The predicted octanol–water partition coefficient (Wildman–Crippen LogP) is 4.27. The van der Waals surface area contributed by atoms with Gasteiger partial charge in [0, 0.05) is 18.7 Å². The van der Waals surface area contributed by atoms with E-state index < -0.39 is 0 Å². The van der Waals surface area contributed by atoms with E-state index in [1.54, 1.807) is 0 Å². The van der Waals surface area contributed by atoms with E-state index in [2.05, 4.69) is 0 Å². The van der Waals surface area contributed by atoms with Crippen molar-refractivity contribution in [3.8, 4) is 5.75 Å². The van der Waals surface area contributed by atoms with Gasteiger partial charge in [-0.1, -0.05) is 0 Å². The summed E-state index contributed by atoms with van der Waals surface area (Å²) in [7, 11) is 0. The summed E-state index contributed by atoms with van der Waals surface area (Å²) in [6, 6.07) is 7.94. The van der Waals surface area contributed by atoms with Crippen LogP contribution in [0.3, 0.4) is 0 Å². The molecule has 1 aromatic rings. The maximum absolute atomic E-state index is 12.5. The summed E-state index contributed by atoms with van der Waals surface area (Å²) < 4.78 is 6.55. The third-order valence-corrected chi connectivity index (χ3v) is 6.81. The molecule has 0 spiro atoms. The normalized spacial score (nSPS) is 37.0. The van der Waals surface area contributed by atoms with Crippen LogP contribution in [0.2, 0.25) is 0 Å². The molecule has 128 valence electrons. The maximum atomic E-state index is 12.5. The number of hydrogen-bond acceptors (Lipinski definition) is 2. The SMILES string of the molecule is O=C(c1ccc(OC23CC4CC(CC(C4)C2)C3)cc1)N1CCCC1. The first-order valence-electron chi connectivity index (χ1n) is 9.77. The number of likely N-dealkylation sites (tertiary alicyclic amines) is 1. The summed E-state index contributed by atoms with van der Waals surface area (Å²) in [5, 5.41) is 0. The van der Waals surface area contributed by atoms with Gasteiger partial charge in [0.2, 0.25) is 0 Å². The molecule has 3 nitrogen and oxygen atoms in total. The second-order valence-corrected chi connectivity index (χ2v) is 8.73. The van der Waals surface area contributed by atoms with E-state index in [1.165, 1.54) is 38.5 Å². The van der Waals surface area contributed by atoms with E-state index in [1.807, 2.05) is 29.2 Å². The molecule has 24 heavy (non-hydrogen) atoms. The summed E-state index contributed by atoms with van der Waals surface area (Å²) >= 11 is 0. The highest BCUT2D eigenvalue weighted by atomic mass is 16.5. The van der Waals surface area contributed by atoms with Gasteiger partial charge in [-0.05, 0) is 93.4 Å². The lowest BCUT2D eigenvalue weighted by Crippen LogP contribution is -2.53. The molecule has 4 saturated carbocycles. The predicted molar refractivity (Wildman–Crippen MR) is 93.1 cm³/mol. The van der Waals surface area contributed by atoms with E-state index in [-0.39, 0.29) is 11.5 Å². The lowest BCUT2D eigenvalue weighted by atomic mass is 9.54. The molecule has 6 rings (SSSR count). The van der Waals surface area contributed by atoms with Crippen molar-refractivity contribution in [2.24, 2.45) is 17.8 Å².